The Labute approximate surface area is 120 Å². The molecule has 96 valence electrons. The molecule has 1 heterocycles. The third-order valence-corrected chi connectivity index (χ3v) is 3.76. The number of carbonyl (C=O) groups is 1. The van der Waals surface area contributed by atoms with Gasteiger partial charge in [-0.05, 0) is 29.8 Å². The predicted molar refractivity (Wildman–Crippen MR) is 76.7 cm³/mol. The first-order valence-electron chi connectivity index (χ1n) is 5.76. The normalized spacial score (nSPS) is 17.4. The molecule has 3 nitrogen and oxygen atoms in total. The van der Waals surface area contributed by atoms with Gasteiger partial charge in [-0.2, -0.15) is 0 Å². The van der Waals surface area contributed by atoms with Gasteiger partial charge in [0.15, 0.2) is 0 Å². The minimum absolute atomic E-state index is 0.106. The number of hydrogen-bond donors (Lipinski definition) is 2. The molecule has 2 aromatic carbocycles. The van der Waals surface area contributed by atoms with Crippen molar-refractivity contribution in [3.05, 3.63) is 63.6 Å². The molecule has 5 heteroatoms. The van der Waals surface area contributed by atoms with Crippen LogP contribution in [-0.2, 0) is 0 Å². The smallest absolute Gasteiger partial charge is 0.255 e. The first kappa shape index (κ1) is 12.3. The van der Waals surface area contributed by atoms with Crippen molar-refractivity contribution in [1.29, 1.82) is 0 Å². The Hall–Kier alpha value is -1.71. The molecular formula is C14H10Cl2N2O. The molecule has 1 aliphatic heterocycles. The Bertz CT molecular complexity index is 658. The van der Waals surface area contributed by atoms with E-state index < -0.39 is 0 Å². The fourth-order valence-corrected chi connectivity index (χ4v) is 2.37. The van der Waals surface area contributed by atoms with Gasteiger partial charge in [-0.25, -0.2) is 0 Å². The molecule has 2 N–H and O–H groups in total. The number of anilines is 1. The van der Waals surface area contributed by atoms with E-state index in [1.54, 1.807) is 18.2 Å². The molecule has 0 radical (unpaired) electrons. The Morgan fingerprint density at radius 3 is 2.53 bits per heavy atom. The number of nitrogens with one attached hydrogen (secondary N) is 2. The number of carbonyl (C=O) groups excluding carboxylic acids is 1. The molecule has 0 spiro atoms. The molecule has 0 bridgehead atoms. The minimum Gasteiger partial charge on any atom is -0.361 e. The van der Waals surface area contributed by atoms with Crippen LogP contribution in [0.4, 0.5) is 5.69 Å². The standard InChI is InChI=1S/C14H10Cl2N2O/c15-10-6-5-8(7-11(10)16)13-17-12-4-2-1-3-9(12)14(19)18-13/h1-7,13,17H,(H,18,19). The highest BCUT2D eigenvalue weighted by Crippen LogP contribution is 2.29. The van der Waals surface area contributed by atoms with Crippen molar-refractivity contribution in [2.45, 2.75) is 6.17 Å². The lowest BCUT2D eigenvalue weighted by Crippen LogP contribution is -2.38. The highest BCUT2D eigenvalue weighted by molar-refractivity contribution is 6.42. The van der Waals surface area contributed by atoms with Crippen LogP contribution in [-0.4, -0.2) is 5.91 Å². The molecule has 0 saturated heterocycles. The van der Waals surface area contributed by atoms with Crippen LogP contribution in [0.2, 0.25) is 10.0 Å². The third-order valence-electron chi connectivity index (χ3n) is 3.02. The second-order valence-electron chi connectivity index (χ2n) is 4.27. The number of halogens is 2. The van der Waals surface area contributed by atoms with Crippen molar-refractivity contribution >= 4 is 34.8 Å². The Morgan fingerprint density at radius 1 is 0.947 bits per heavy atom. The van der Waals surface area contributed by atoms with E-state index in [0.29, 0.717) is 15.6 Å². The summed E-state index contributed by atoms with van der Waals surface area (Å²) in [6, 6.07) is 12.7. The lowest BCUT2D eigenvalue weighted by molar-refractivity contribution is 0.0935. The number of benzene rings is 2. The first-order valence-corrected chi connectivity index (χ1v) is 6.52. The van der Waals surface area contributed by atoms with Crippen molar-refractivity contribution in [2.24, 2.45) is 0 Å². The van der Waals surface area contributed by atoms with Crippen molar-refractivity contribution in [3.63, 3.8) is 0 Å². The average Bonchev–Trinajstić information content (AvgIpc) is 2.42. The van der Waals surface area contributed by atoms with Gasteiger partial charge in [0.05, 0.1) is 15.6 Å². The molecule has 0 saturated carbocycles. The van der Waals surface area contributed by atoms with E-state index in [9.17, 15) is 4.79 Å². The van der Waals surface area contributed by atoms with Gasteiger partial charge in [-0.15, -0.1) is 0 Å². The molecule has 1 amide bonds. The number of fused-ring (bicyclic) bond motifs is 1. The molecule has 1 aliphatic rings. The summed E-state index contributed by atoms with van der Waals surface area (Å²) in [7, 11) is 0. The summed E-state index contributed by atoms with van der Waals surface area (Å²) < 4.78 is 0. The Morgan fingerprint density at radius 2 is 1.74 bits per heavy atom. The summed E-state index contributed by atoms with van der Waals surface area (Å²) in [5.74, 6) is -0.106. The maximum atomic E-state index is 12.0. The third kappa shape index (κ3) is 2.27. The highest BCUT2D eigenvalue weighted by atomic mass is 35.5. The van der Waals surface area contributed by atoms with Gasteiger partial charge in [0.1, 0.15) is 6.17 Å². The fourth-order valence-electron chi connectivity index (χ4n) is 2.07. The summed E-state index contributed by atoms with van der Waals surface area (Å²) in [6.07, 6.45) is -0.308. The number of amides is 1. The predicted octanol–water partition coefficient (Wildman–Crippen LogP) is 3.85. The average molecular weight is 293 g/mol. The van der Waals surface area contributed by atoms with Gasteiger partial charge in [0.25, 0.3) is 5.91 Å². The summed E-state index contributed by atoms with van der Waals surface area (Å²) in [5.41, 5.74) is 2.30. The maximum Gasteiger partial charge on any atom is 0.255 e. The monoisotopic (exact) mass is 292 g/mol. The van der Waals surface area contributed by atoms with Gasteiger partial charge in [0, 0.05) is 5.69 Å². The molecule has 2 aromatic rings. The number of para-hydroxylation sites is 1. The zero-order valence-electron chi connectivity index (χ0n) is 9.78. The van der Waals surface area contributed by atoms with Crippen molar-refractivity contribution in [2.75, 3.05) is 5.32 Å². The van der Waals surface area contributed by atoms with Gasteiger partial charge in [-0.3, -0.25) is 4.79 Å². The van der Waals surface area contributed by atoms with Crippen LogP contribution in [0.25, 0.3) is 0 Å². The van der Waals surface area contributed by atoms with E-state index in [1.807, 2.05) is 24.3 Å². The Balaban J connectivity index is 1.96. The summed E-state index contributed by atoms with van der Waals surface area (Å²) >= 11 is 11.9. The second-order valence-corrected chi connectivity index (χ2v) is 5.08. The second kappa shape index (κ2) is 4.76. The van der Waals surface area contributed by atoms with Gasteiger partial charge < -0.3 is 10.6 Å². The maximum absolute atomic E-state index is 12.0. The van der Waals surface area contributed by atoms with Crippen LogP contribution < -0.4 is 10.6 Å². The van der Waals surface area contributed by atoms with E-state index >= 15 is 0 Å². The van der Waals surface area contributed by atoms with Crippen LogP contribution in [0.5, 0.6) is 0 Å². The van der Waals surface area contributed by atoms with E-state index in [0.717, 1.165) is 11.3 Å². The topological polar surface area (TPSA) is 41.1 Å². The quantitative estimate of drug-likeness (QED) is 0.838. The van der Waals surface area contributed by atoms with Crippen LogP contribution in [0.1, 0.15) is 22.1 Å². The minimum atomic E-state index is -0.308. The van der Waals surface area contributed by atoms with Gasteiger partial charge >= 0.3 is 0 Å². The first-order chi connectivity index (χ1) is 9.15. The van der Waals surface area contributed by atoms with E-state index in [4.69, 9.17) is 23.2 Å². The number of rotatable bonds is 1. The SMILES string of the molecule is O=C1NC(c2ccc(Cl)c(Cl)c2)Nc2ccccc21. The summed E-state index contributed by atoms with van der Waals surface area (Å²) in [6.45, 7) is 0. The van der Waals surface area contributed by atoms with E-state index in [1.165, 1.54) is 0 Å². The molecule has 0 fully saturated rings. The largest absolute Gasteiger partial charge is 0.361 e. The fraction of sp³-hybridized carbons (Fsp3) is 0.0714. The van der Waals surface area contributed by atoms with E-state index in [-0.39, 0.29) is 12.1 Å². The van der Waals surface area contributed by atoms with Crippen molar-refractivity contribution in [3.8, 4) is 0 Å². The van der Waals surface area contributed by atoms with E-state index in [2.05, 4.69) is 10.6 Å². The lowest BCUT2D eigenvalue weighted by atomic mass is 10.1. The number of hydrogen-bond acceptors (Lipinski definition) is 2. The zero-order valence-corrected chi connectivity index (χ0v) is 11.3. The summed E-state index contributed by atoms with van der Waals surface area (Å²) in [4.78, 5) is 12.0. The van der Waals surface area contributed by atoms with Crippen molar-refractivity contribution < 1.29 is 4.79 Å². The molecule has 0 aliphatic carbocycles. The molecule has 1 atom stereocenters. The van der Waals surface area contributed by atoms with Gasteiger partial charge in [0.2, 0.25) is 0 Å². The lowest BCUT2D eigenvalue weighted by Gasteiger charge is -2.28. The van der Waals surface area contributed by atoms with Crippen LogP contribution >= 0.6 is 23.2 Å². The molecule has 3 rings (SSSR count). The summed E-state index contributed by atoms with van der Waals surface area (Å²) in [5, 5.41) is 7.10. The Kier molecular flexibility index (Phi) is 3.09. The molecule has 1 unspecified atom stereocenters. The van der Waals surface area contributed by atoms with Crippen LogP contribution in [0, 0.1) is 0 Å². The van der Waals surface area contributed by atoms with Crippen LogP contribution in [0.15, 0.2) is 42.5 Å². The molecule has 0 aromatic heterocycles. The highest BCUT2D eigenvalue weighted by Gasteiger charge is 2.24. The van der Waals surface area contributed by atoms with Crippen molar-refractivity contribution in [1.82, 2.24) is 5.32 Å². The zero-order chi connectivity index (χ0) is 13.4. The van der Waals surface area contributed by atoms with Crippen LogP contribution in [0.3, 0.4) is 0 Å². The van der Waals surface area contributed by atoms with Gasteiger partial charge in [-0.1, -0.05) is 41.4 Å². The molecular weight excluding hydrogens is 283 g/mol. The molecule has 19 heavy (non-hydrogen) atoms.